The summed E-state index contributed by atoms with van der Waals surface area (Å²) in [7, 11) is 5.62. The number of benzene rings is 1. The topological polar surface area (TPSA) is 85.0 Å². The molecule has 25 heavy (non-hydrogen) atoms. The molecule has 7 heteroatoms. The van der Waals surface area contributed by atoms with Crippen molar-refractivity contribution in [3.63, 3.8) is 0 Å². The number of guanidine groups is 1. The fourth-order valence-corrected chi connectivity index (χ4v) is 2.03. The zero-order valence-electron chi connectivity index (χ0n) is 14.9. The fraction of sp³-hybridized carbons (Fsp3) is 0.333. The number of rotatable bonds is 8. The van der Waals surface area contributed by atoms with Crippen molar-refractivity contribution >= 4 is 11.6 Å². The number of likely N-dealkylation sites (N-methyl/N-ethyl adjacent to an activating group) is 1. The Morgan fingerprint density at radius 3 is 2.88 bits per heavy atom. The van der Waals surface area contributed by atoms with Crippen LogP contribution in [0.5, 0.6) is 11.6 Å². The van der Waals surface area contributed by atoms with Gasteiger partial charge in [0.05, 0.1) is 13.7 Å². The van der Waals surface area contributed by atoms with Gasteiger partial charge >= 0.3 is 0 Å². The van der Waals surface area contributed by atoms with Gasteiger partial charge in [0.15, 0.2) is 5.96 Å². The highest BCUT2D eigenvalue weighted by Gasteiger charge is 2.01. The lowest BCUT2D eigenvalue weighted by Gasteiger charge is -2.10. The third kappa shape index (κ3) is 6.68. The molecule has 1 aromatic heterocycles. The van der Waals surface area contributed by atoms with Crippen molar-refractivity contribution < 1.29 is 9.47 Å². The number of anilines is 1. The molecule has 0 unspecified atom stereocenters. The molecule has 7 nitrogen and oxygen atoms in total. The van der Waals surface area contributed by atoms with Gasteiger partial charge in [0.2, 0.25) is 5.88 Å². The quantitative estimate of drug-likeness (QED) is 0.563. The summed E-state index contributed by atoms with van der Waals surface area (Å²) in [5, 5.41) is 3.04. The molecule has 2 aromatic rings. The van der Waals surface area contributed by atoms with Crippen LogP contribution in [0.3, 0.4) is 0 Å². The maximum atomic E-state index is 5.94. The first-order valence-electron chi connectivity index (χ1n) is 8.00. The Balaban J connectivity index is 1.91. The Hall–Kier alpha value is -2.80. The third-order valence-electron chi connectivity index (χ3n) is 3.36. The number of ether oxygens (including phenoxy) is 2. The van der Waals surface area contributed by atoms with Gasteiger partial charge < -0.3 is 25.4 Å². The molecular weight excluding hydrogens is 318 g/mol. The first-order chi connectivity index (χ1) is 12.1. The number of nitrogens with one attached hydrogen (secondary N) is 1. The predicted octanol–water partition coefficient (Wildman–Crippen LogP) is 1.96. The zero-order valence-corrected chi connectivity index (χ0v) is 14.9. The van der Waals surface area contributed by atoms with Gasteiger partial charge in [0, 0.05) is 30.6 Å². The van der Waals surface area contributed by atoms with Crippen LogP contribution in [0.2, 0.25) is 0 Å². The molecule has 0 aliphatic heterocycles. The van der Waals surface area contributed by atoms with E-state index in [0.717, 1.165) is 23.5 Å². The number of aromatic nitrogens is 1. The summed E-state index contributed by atoms with van der Waals surface area (Å²) in [4.78, 5) is 10.6. The molecule has 0 atom stereocenters. The Labute approximate surface area is 148 Å². The van der Waals surface area contributed by atoms with E-state index in [2.05, 4.69) is 20.2 Å². The maximum Gasteiger partial charge on any atom is 0.213 e. The first-order valence-corrected chi connectivity index (χ1v) is 8.00. The van der Waals surface area contributed by atoms with Gasteiger partial charge in [-0.1, -0.05) is 6.07 Å². The Morgan fingerprint density at radius 2 is 2.12 bits per heavy atom. The Morgan fingerprint density at radius 1 is 1.28 bits per heavy atom. The van der Waals surface area contributed by atoms with Crippen molar-refractivity contribution in [2.45, 2.75) is 6.54 Å². The Kier molecular flexibility index (Phi) is 7.03. The van der Waals surface area contributed by atoms with Gasteiger partial charge in [0.25, 0.3) is 0 Å². The van der Waals surface area contributed by atoms with Crippen LogP contribution < -0.4 is 20.5 Å². The van der Waals surface area contributed by atoms with Gasteiger partial charge in [-0.25, -0.2) is 9.98 Å². The summed E-state index contributed by atoms with van der Waals surface area (Å²) in [6, 6.07) is 11.3. The minimum absolute atomic E-state index is 0.333. The summed E-state index contributed by atoms with van der Waals surface area (Å²) in [5.41, 5.74) is 7.74. The fourth-order valence-electron chi connectivity index (χ4n) is 2.03. The number of methoxy groups -OCH3 is 1. The van der Waals surface area contributed by atoms with E-state index in [4.69, 9.17) is 15.2 Å². The van der Waals surface area contributed by atoms with Crippen LogP contribution in [0.25, 0.3) is 0 Å². The van der Waals surface area contributed by atoms with Crippen LogP contribution in [-0.2, 0) is 6.54 Å². The summed E-state index contributed by atoms with van der Waals surface area (Å²) >= 11 is 0. The van der Waals surface area contributed by atoms with E-state index in [1.807, 2.05) is 50.5 Å². The van der Waals surface area contributed by atoms with E-state index in [1.54, 1.807) is 13.3 Å². The van der Waals surface area contributed by atoms with Crippen LogP contribution in [0.1, 0.15) is 5.56 Å². The SMILES string of the molecule is COc1cccc(NC(N)=NCc2ccnc(OCCN(C)C)c2)c1. The van der Waals surface area contributed by atoms with E-state index in [0.29, 0.717) is 25.0 Å². The number of nitrogens with two attached hydrogens (primary N) is 1. The van der Waals surface area contributed by atoms with Crippen LogP contribution in [0.15, 0.2) is 47.6 Å². The molecule has 0 radical (unpaired) electrons. The zero-order chi connectivity index (χ0) is 18.1. The minimum Gasteiger partial charge on any atom is -0.497 e. The van der Waals surface area contributed by atoms with E-state index < -0.39 is 0 Å². The molecule has 1 aromatic carbocycles. The highest BCUT2D eigenvalue weighted by atomic mass is 16.5. The third-order valence-corrected chi connectivity index (χ3v) is 3.36. The van der Waals surface area contributed by atoms with Gasteiger partial charge in [-0.2, -0.15) is 0 Å². The molecule has 0 aliphatic rings. The largest absolute Gasteiger partial charge is 0.497 e. The monoisotopic (exact) mass is 343 g/mol. The van der Waals surface area contributed by atoms with Crippen molar-refractivity contribution in [3.8, 4) is 11.6 Å². The lowest BCUT2D eigenvalue weighted by atomic mass is 10.3. The summed E-state index contributed by atoms with van der Waals surface area (Å²) < 4.78 is 10.8. The normalized spacial score (nSPS) is 11.4. The van der Waals surface area contributed by atoms with Crippen LogP contribution >= 0.6 is 0 Å². The second-order valence-electron chi connectivity index (χ2n) is 5.71. The van der Waals surface area contributed by atoms with Crippen molar-refractivity contribution in [2.75, 3.05) is 39.7 Å². The highest BCUT2D eigenvalue weighted by molar-refractivity contribution is 5.92. The van der Waals surface area contributed by atoms with E-state index in [9.17, 15) is 0 Å². The molecule has 0 aliphatic carbocycles. The molecule has 0 amide bonds. The minimum atomic E-state index is 0.333. The molecule has 2 rings (SSSR count). The van der Waals surface area contributed by atoms with Gasteiger partial charge in [-0.05, 0) is 37.9 Å². The second-order valence-corrected chi connectivity index (χ2v) is 5.71. The van der Waals surface area contributed by atoms with Crippen LogP contribution in [0.4, 0.5) is 5.69 Å². The van der Waals surface area contributed by atoms with Crippen molar-refractivity contribution in [1.29, 1.82) is 0 Å². The molecule has 3 N–H and O–H groups in total. The smallest absolute Gasteiger partial charge is 0.213 e. The lowest BCUT2D eigenvalue weighted by Crippen LogP contribution is -2.22. The van der Waals surface area contributed by atoms with Crippen LogP contribution in [0, 0.1) is 0 Å². The molecule has 0 spiro atoms. The molecule has 0 saturated heterocycles. The number of nitrogens with zero attached hydrogens (tertiary/aromatic N) is 3. The lowest BCUT2D eigenvalue weighted by molar-refractivity contribution is 0.253. The number of hydrogen-bond acceptors (Lipinski definition) is 5. The average molecular weight is 343 g/mol. The maximum absolute atomic E-state index is 5.94. The van der Waals surface area contributed by atoms with Crippen LogP contribution in [-0.4, -0.2) is 50.2 Å². The molecule has 0 saturated carbocycles. The standard InChI is InChI=1S/C18H25N5O2/c1-23(2)9-10-25-17-11-14(7-8-20-17)13-21-18(19)22-15-5-4-6-16(12-15)24-3/h4-8,11-12H,9-10,13H2,1-3H3,(H3,19,21,22). The number of pyridine rings is 1. The molecule has 134 valence electrons. The van der Waals surface area contributed by atoms with Gasteiger partial charge in [-0.15, -0.1) is 0 Å². The molecule has 1 heterocycles. The van der Waals surface area contributed by atoms with Gasteiger partial charge in [0.1, 0.15) is 12.4 Å². The summed E-state index contributed by atoms with van der Waals surface area (Å²) in [6.07, 6.45) is 1.71. The molecule has 0 fully saturated rings. The predicted molar refractivity (Wildman–Crippen MR) is 100 cm³/mol. The Bertz CT molecular complexity index is 703. The second kappa shape index (κ2) is 9.48. The summed E-state index contributed by atoms with van der Waals surface area (Å²) in [6.45, 7) is 1.86. The van der Waals surface area contributed by atoms with Crippen molar-refractivity contribution in [2.24, 2.45) is 10.7 Å². The molecule has 0 bridgehead atoms. The number of hydrogen-bond donors (Lipinski definition) is 2. The highest BCUT2D eigenvalue weighted by Crippen LogP contribution is 2.16. The average Bonchev–Trinajstić information content (AvgIpc) is 2.60. The van der Waals surface area contributed by atoms with E-state index in [-0.39, 0.29) is 0 Å². The van der Waals surface area contributed by atoms with E-state index in [1.165, 1.54) is 0 Å². The van der Waals surface area contributed by atoms with Crippen molar-refractivity contribution in [3.05, 3.63) is 48.2 Å². The van der Waals surface area contributed by atoms with Crippen molar-refractivity contribution in [1.82, 2.24) is 9.88 Å². The van der Waals surface area contributed by atoms with E-state index >= 15 is 0 Å². The number of aliphatic imine (C=N–C) groups is 1. The summed E-state index contributed by atoms with van der Waals surface area (Å²) in [5.74, 6) is 1.68. The first kappa shape index (κ1) is 18.5. The van der Waals surface area contributed by atoms with Gasteiger partial charge in [-0.3, -0.25) is 0 Å². The molecular formula is C18H25N5O2.